The molecule has 1 aliphatic rings. The summed E-state index contributed by atoms with van der Waals surface area (Å²) in [6.07, 6.45) is 2.03. The summed E-state index contributed by atoms with van der Waals surface area (Å²) in [6.45, 7) is 4.19. The van der Waals surface area contributed by atoms with Crippen molar-refractivity contribution in [3.8, 4) is 10.4 Å². The molecule has 0 spiro atoms. The number of hydrogen-bond acceptors (Lipinski definition) is 4. The lowest BCUT2D eigenvalue weighted by Gasteiger charge is -2.15. The summed E-state index contributed by atoms with van der Waals surface area (Å²) in [6, 6.07) is 8.74. The van der Waals surface area contributed by atoms with Gasteiger partial charge in [-0.1, -0.05) is 23.7 Å². The van der Waals surface area contributed by atoms with Crippen molar-refractivity contribution in [1.29, 1.82) is 0 Å². The molecule has 7 heteroatoms. The summed E-state index contributed by atoms with van der Waals surface area (Å²) in [5.41, 5.74) is 5.59. The van der Waals surface area contributed by atoms with Gasteiger partial charge in [-0.3, -0.25) is 14.6 Å². The van der Waals surface area contributed by atoms with Crippen molar-refractivity contribution in [2.24, 2.45) is 12.0 Å². The van der Waals surface area contributed by atoms with Gasteiger partial charge >= 0.3 is 0 Å². The number of benzene rings is 1. The molecule has 1 unspecified atom stereocenters. The number of aliphatic imine (C=N–C) groups is 1. The highest BCUT2D eigenvalue weighted by Crippen LogP contribution is 2.44. The van der Waals surface area contributed by atoms with E-state index in [9.17, 15) is 9.59 Å². The predicted molar refractivity (Wildman–Crippen MR) is 123 cm³/mol. The van der Waals surface area contributed by atoms with Gasteiger partial charge in [-0.15, -0.1) is 11.3 Å². The topological polar surface area (TPSA) is 63.5 Å². The Labute approximate surface area is 184 Å². The van der Waals surface area contributed by atoms with E-state index in [2.05, 4.69) is 19.2 Å². The fourth-order valence-electron chi connectivity index (χ4n) is 3.76. The van der Waals surface area contributed by atoms with Gasteiger partial charge in [0.2, 0.25) is 5.91 Å². The third kappa shape index (κ3) is 3.50. The smallest absolute Gasteiger partial charge is 0.250 e. The van der Waals surface area contributed by atoms with Crippen LogP contribution in [0.3, 0.4) is 0 Å². The van der Waals surface area contributed by atoms with Crippen LogP contribution < -0.4 is 10.9 Å². The quantitative estimate of drug-likeness (QED) is 0.656. The first-order chi connectivity index (χ1) is 14.3. The third-order valence-electron chi connectivity index (χ3n) is 5.55. The Balaban J connectivity index is 2.06. The maximum atomic E-state index is 12.5. The van der Waals surface area contributed by atoms with E-state index in [1.54, 1.807) is 36.1 Å². The molecule has 1 N–H and O–H groups in total. The minimum Gasteiger partial charge on any atom is -0.359 e. The van der Waals surface area contributed by atoms with Crippen molar-refractivity contribution in [3.05, 3.63) is 79.0 Å². The Morgan fingerprint density at radius 2 is 1.97 bits per heavy atom. The van der Waals surface area contributed by atoms with Gasteiger partial charge in [0.15, 0.2) is 0 Å². The molecule has 0 saturated heterocycles. The fraction of sp³-hybridized carbons (Fsp3) is 0.261. The van der Waals surface area contributed by atoms with Gasteiger partial charge in [0.25, 0.3) is 5.56 Å². The SMILES string of the molecule is CNC(=O)CC1N=C(c2ccc(Cl)cc2)c2c(sc(C)c2C)-c2cn(C)c(=O)cc21. The number of halogens is 1. The largest absolute Gasteiger partial charge is 0.359 e. The zero-order valence-corrected chi connectivity index (χ0v) is 18.8. The van der Waals surface area contributed by atoms with Gasteiger partial charge in [-0.2, -0.15) is 0 Å². The summed E-state index contributed by atoms with van der Waals surface area (Å²) >= 11 is 7.81. The van der Waals surface area contributed by atoms with Crippen LogP contribution in [0.2, 0.25) is 5.02 Å². The van der Waals surface area contributed by atoms with E-state index < -0.39 is 6.04 Å². The minimum absolute atomic E-state index is 0.118. The monoisotopic (exact) mass is 439 g/mol. The Morgan fingerprint density at radius 1 is 1.27 bits per heavy atom. The number of fused-ring (bicyclic) bond motifs is 3. The molecule has 1 aromatic carbocycles. The molecule has 1 aliphatic heterocycles. The lowest BCUT2D eigenvalue weighted by atomic mass is 9.95. The number of carbonyl (C=O) groups excluding carboxylic acids is 1. The van der Waals surface area contributed by atoms with E-state index in [4.69, 9.17) is 16.6 Å². The number of amides is 1. The zero-order chi connectivity index (χ0) is 21.6. The van der Waals surface area contributed by atoms with Crippen LogP contribution in [0.15, 0.2) is 46.3 Å². The van der Waals surface area contributed by atoms with Crippen LogP contribution in [0.5, 0.6) is 0 Å². The number of nitrogens with zero attached hydrogens (tertiary/aromatic N) is 2. The van der Waals surface area contributed by atoms with Crippen molar-refractivity contribution in [1.82, 2.24) is 9.88 Å². The average molecular weight is 440 g/mol. The fourth-order valence-corrected chi connectivity index (χ4v) is 5.08. The number of pyridine rings is 1. The lowest BCUT2D eigenvalue weighted by molar-refractivity contribution is -0.120. The molecule has 154 valence electrons. The van der Waals surface area contributed by atoms with Gasteiger partial charge in [-0.25, -0.2) is 0 Å². The van der Waals surface area contributed by atoms with Crippen LogP contribution in [-0.4, -0.2) is 23.2 Å². The van der Waals surface area contributed by atoms with Crippen molar-refractivity contribution in [2.45, 2.75) is 26.3 Å². The molecule has 3 aromatic rings. The molecular weight excluding hydrogens is 418 g/mol. The normalized spacial score (nSPS) is 15.1. The van der Waals surface area contributed by atoms with Gasteiger partial charge < -0.3 is 9.88 Å². The Morgan fingerprint density at radius 3 is 2.63 bits per heavy atom. The van der Waals surface area contributed by atoms with Gasteiger partial charge in [0.1, 0.15) is 0 Å². The molecular formula is C23H22ClN3O2S. The number of carbonyl (C=O) groups is 1. The number of rotatable bonds is 3. The van der Waals surface area contributed by atoms with Gasteiger partial charge in [-0.05, 0) is 37.1 Å². The highest BCUT2D eigenvalue weighted by molar-refractivity contribution is 7.16. The van der Waals surface area contributed by atoms with Crippen molar-refractivity contribution >= 4 is 34.6 Å². The van der Waals surface area contributed by atoms with E-state index in [1.807, 2.05) is 30.5 Å². The second-order valence-electron chi connectivity index (χ2n) is 7.46. The standard InChI is InChI=1S/C23H22ClN3O2S/c1-12-13(2)30-23-17-11-27(4)20(29)9-16(17)18(10-19(28)25-3)26-22(21(12)23)14-5-7-15(24)8-6-14/h5-9,11,18H,10H2,1-4H3,(H,25,28). The molecule has 0 radical (unpaired) electrons. The summed E-state index contributed by atoms with van der Waals surface area (Å²) < 4.78 is 1.58. The van der Waals surface area contributed by atoms with Crippen molar-refractivity contribution in [3.63, 3.8) is 0 Å². The Hall–Kier alpha value is -2.70. The van der Waals surface area contributed by atoms with E-state index >= 15 is 0 Å². The Bertz CT molecular complexity index is 1240. The molecule has 3 heterocycles. The number of aryl methyl sites for hydroxylation is 2. The molecule has 0 aliphatic carbocycles. The first-order valence-electron chi connectivity index (χ1n) is 9.65. The van der Waals surface area contributed by atoms with Crippen LogP contribution in [0, 0.1) is 13.8 Å². The van der Waals surface area contributed by atoms with Crippen molar-refractivity contribution in [2.75, 3.05) is 7.05 Å². The zero-order valence-electron chi connectivity index (χ0n) is 17.2. The molecule has 30 heavy (non-hydrogen) atoms. The molecule has 0 bridgehead atoms. The second-order valence-corrected chi connectivity index (χ2v) is 9.12. The van der Waals surface area contributed by atoms with E-state index in [1.165, 1.54) is 4.88 Å². The second kappa shape index (κ2) is 7.85. The van der Waals surface area contributed by atoms with Crippen LogP contribution in [0.25, 0.3) is 10.4 Å². The first-order valence-corrected chi connectivity index (χ1v) is 10.8. The molecule has 4 rings (SSSR count). The maximum absolute atomic E-state index is 12.5. The molecule has 0 fully saturated rings. The van der Waals surface area contributed by atoms with Crippen molar-refractivity contribution < 1.29 is 4.79 Å². The molecule has 5 nitrogen and oxygen atoms in total. The van der Waals surface area contributed by atoms with Gasteiger partial charge in [0, 0.05) is 57.8 Å². The van der Waals surface area contributed by atoms with Crippen LogP contribution in [0.4, 0.5) is 0 Å². The summed E-state index contributed by atoms with van der Waals surface area (Å²) in [5.74, 6) is -0.121. The Kier molecular flexibility index (Phi) is 5.38. The first kappa shape index (κ1) is 20.6. The highest BCUT2D eigenvalue weighted by Gasteiger charge is 2.30. The highest BCUT2D eigenvalue weighted by atomic mass is 35.5. The minimum atomic E-state index is -0.459. The van der Waals surface area contributed by atoms with E-state index in [-0.39, 0.29) is 17.9 Å². The molecule has 1 atom stereocenters. The molecule has 1 amide bonds. The number of aromatic nitrogens is 1. The number of hydrogen-bond donors (Lipinski definition) is 1. The summed E-state index contributed by atoms with van der Waals surface area (Å²) in [5, 5.41) is 3.33. The van der Waals surface area contributed by atoms with E-state index in [0.29, 0.717) is 5.02 Å². The average Bonchev–Trinajstić information content (AvgIpc) is 2.95. The number of thiophene rings is 1. The number of nitrogens with one attached hydrogen (secondary N) is 1. The third-order valence-corrected chi connectivity index (χ3v) is 7.04. The van der Waals surface area contributed by atoms with Gasteiger partial charge in [0.05, 0.1) is 18.2 Å². The molecule has 2 aromatic heterocycles. The summed E-state index contributed by atoms with van der Waals surface area (Å²) in [7, 11) is 3.35. The summed E-state index contributed by atoms with van der Waals surface area (Å²) in [4.78, 5) is 32.1. The predicted octanol–water partition coefficient (Wildman–Crippen LogP) is 4.41. The van der Waals surface area contributed by atoms with Crippen LogP contribution in [-0.2, 0) is 11.8 Å². The molecule has 0 saturated carbocycles. The van der Waals surface area contributed by atoms with E-state index in [0.717, 1.165) is 38.4 Å². The lowest BCUT2D eigenvalue weighted by Crippen LogP contribution is -2.22. The van der Waals surface area contributed by atoms with Crippen LogP contribution in [0.1, 0.15) is 39.6 Å². The maximum Gasteiger partial charge on any atom is 0.250 e. The van der Waals surface area contributed by atoms with Crippen LogP contribution >= 0.6 is 22.9 Å².